The zero-order valence-electron chi connectivity index (χ0n) is 15.4. The minimum Gasteiger partial charge on any atom is -0.480 e. The molecule has 0 spiro atoms. The van der Waals surface area contributed by atoms with E-state index in [2.05, 4.69) is 10.6 Å². The summed E-state index contributed by atoms with van der Waals surface area (Å²) in [5.74, 6) is -1.85. The molecule has 0 saturated heterocycles. The van der Waals surface area contributed by atoms with Crippen molar-refractivity contribution in [3.63, 3.8) is 0 Å². The Morgan fingerprint density at radius 1 is 0.967 bits per heavy atom. The number of alkyl halides is 6. The molecular weight excluding hydrogens is 418 g/mol. The molecule has 5 nitrogen and oxygen atoms in total. The van der Waals surface area contributed by atoms with Gasteiger partial charge in [0.1, 0.15) is 6.54 Å². The third-order valence-electron chi connectivity index (χ3n) is 3.99. The van der Waals surface area contributed by atoms with Gasteiger partial charge in [-0.05, 0) is 37.3 Å². The van der Waals surface area contributed by atoms with Crippen molar-refractivity contribution in [1.82, 2.24) is 0 Å². The lowest BCUT2D eigenvalue weighted by Gasteiger charge is -2.19. The highest BCUT2D eigenvalue weighted by molar-refractivity contribution is 6.05. The number of benzene rings is 2. The van der Waals surface area contributed by atoms with Crippen molar-refractivity contribution in [2.24, 2.45) is 0 Å². The van der Waals surface area contributed by atoms with Gasteiger partial charge in [-0.1, -0.05) is 12.1 Å². The van der Waals surface area contributed by atoms with E-state index in [0.29, 0.717) is 12.1 Å². The molecule has 0 radical (unpaired) electrons. The number of hydrogen-bond donors (Lipinski definition) is 3. The Bertz CT molecular complexity index is 908. The summed E-state index contributed by atoms with van der Waals surface area (Å²) in [5.41, 5.74) is -3.36. The normalized spacial score (nSPS) is 12.9. The Morgan fingerprint density at radius 2 is 1.50 bits per heavy atom. The lowest BCUT2D eigenvalue weighted by Crippen LogP contribution is -2.28. The molecule has 0 bridgehead atoms. The Balaban J connectivity index is 2.33. The second-order valence-electron chi connectivity index (χ2n) is 6.32. The first-order valence-corrected chi connectivity index (χ1v) is 8.44. The van der Waals surface area contributed by atoms with Gasteiger partial charge in [0.2, 0.25) is 0 Å². The van der Waals surface area contributed by atoms with Crippen molar-refractivity contribution in [2.75, 3.05) is 17.2 Å². The largest absolute Gasteiger partial charge is 0.480 e. The number of para-hydroxylation sites is 1. The standard InChI is InChI=1S/C19H16F6N2O3/c1-10(17(30)14-4-2-3-5-15(14)26-9-16(28)29)27-13-7-11(18(20,21)22)6-12(8-13)19(23,24)25/h2-8,10,26-27H,9H2,1H3,(H,28,29)/t10-/m0/s1. The maximum absolute atomic E-state index is 13.0. The Labute approximate surface area is 166 Å². The van der Waals surface area contributed by atoms with Crippen LogP contribution in [0.15, 0.2) is 42.5 Å². The van der Waals surface area contributed by atoms with Gasteiger partial charge in [0.25, 0.3) is 0 Å². The number of carbonyl (C=O) groups excluding carboxylic acids is 1. The molecular formula is C19H16F6N2O3. The quantitative estimate of drug-likeness (QED) is 0.427. The molecule has 2 rings (SSSR count). The number of carboxylic acid groups (broad SMARTS) is 1. The van der Waals surface area contributed by atoms with E-state index < -0.39 is 53.5 Å². The molecule has 0 saturated carbocycles. The molecule has 162 valence electrons. The van der Waals surface area contributed by atoms with Gasteiger partial charge in [-0.25, -0.2) is 0 Å². The molecule has 2 aromatic carbocycles. The van der Waals surface area contributed by atoms with Crippen molar-refractivity contribution < 1.29 is 41.0 Å². The molecule has 11 heteroatoms. The summed E-state index contributed by atoms with van der Waals surface area (Å²) < 4.78 is 77.9. The molecule has 30 heavy (non-hydrogen) atoms. The number of halogens is 6. The molecule has 0 aliphatic carbocycles. The van der Waals surface area contributed by atoms with Crippen LogP contribution in [0.4, 0.5) is 37.7 Å². The molecule has 2 aromatic rings. The Morgan fingerprint density at radius 3 is 2.00 bits per heavy atom. The maximum Gasteiger partial charge on any atom is 0.416 e. The monoisotopic (exact) mass is 434 g/mol. The highest BCUT2D eigenvalue weighted by atomic mass is 19.4. The van der Waals surface area contributed by atoms with Crippen LogP contribution in [0.25, 0.3) is 0 Å². The van der Waals surface area contributed by atoms with Crippen LogP contribution in [0.2, 0.25) is 0 Å². The number of rotatable bonds is 7. The number of anilines is 2. The third-order valence-corrected chi connectivity index (χ3v) is 3.99. The zero-order valence-corrected chi connectivity index (χ0v) is 15.4. The highest BCUT2D eigenvalue weighted by Crippen LogP contribution is 2.37. The fraction of sp³-hybridized carbons (Fsp3) is 0.263. The lowest BCUT2D eigenvalue weighted by molar-refractivity contribution is -0.143. The van der Waals surface area contributed by atoms with Crippen molar-refractivity contribution >= 4 is 23.1 Å². The predicted molar refractivity (Wildman–Crippen MR) is 96.4 cm³/mol. The van der Waals surface area contributed by atoms with E-state index >= 15 is 0 Å². The van der Waals surface area contributed by atoms with E-state index in [4.69, 9.17) is 5.11 Å². The van der Waals surface area contributed by atoms with Gasteiger partial charge in [-0.3, -0.25) is 9.59 Å². The van der Waals surface area contributed by atoms with E-state index in [-0.39, 0.29) is 17.3 Å². The molecule has 0 heterocycles. The molecule has 0 aliphatic rings. The van der Waals surface area contributed by atoms with E-state index in [1.54, 1.807) is 0 Å². The van der Waals surface area contributed by atoms with Gasteiger partial charge in [-0.2, -0.15) is 26.3 Å². The number of hydrogen-bond acceptors (Lipinski definition) is 4. The van der Waals surface area contributed by atoms with Gasteiger partial charge in [0.15, 0.2) is 5.78 Å². The van der Waals surface area contributed by atoms with Crippen LogP contribution in [0.1, 0.15) is 28.4 Å². The van der Waals surface area contributed by atoms with E-state index in [0.717, 1.165) is 0 Å². The fourth-order valence-electron chi connectivity index (χ4n) is 2.61. The maximum atomic E-state index is 13.0. The van der Waals surface area contributed by atoms with Crippen molar-refractivity contribution in [1.29, 1.82) is 0 Å². The van der Waals surface area contributed by atoms with Crippen LogP contribution in [0.5, 0.6) is 0 Å². The molecule has 0 aromatic heterocycles. The molecule has 0 unspecified atom stereocenters. The first-order chi connectivity index (χ1) is 13.8. The summed E-state index contributed by atoms with van der Waals surface area (Å²) in [6.07, 6.45) is -10.0. The number of nitrogens with one attached hydrogen (secondary N) is 2. The van der Waals surface area contributed by atoms with Gasteiger partial charge in [-0.15, -0.1) is 0 Å². The van der Waals surface area contributed by atoms with Crippen LogP contribution in [0.3, 0.4) is 0 Å². The van der Waals surface area contributed by atoms with Crippen LogP contribution in [-0.2, 0) is 17.1 Å². The molecule has 0 amide bonds. The topological polar surface area (TPSA) is 78.4 Å². The van der Waals surface area contributed by atoms with E-state index in [9.17, 15) is 35.9 Å². The summed E-state index contributed by atoms with van der Waals surface area (Å²) in [6, 6.07) is 5.54. The number of carbonyl (C=O) groups is 2. The third kappa shape index (κ3) is 5.88. The van der Waals surface area contributed by atoms with E-state index in [1.165, 1.54) is 31.2 Å². The van der Waals surface area contributed by atoms with Crippen molar-refractivity contribution in [3.05, 3.63) is 59.2 Å². The smallest absolute Gasteiger partial charge is 0.416 e. The average molecular weight is 434 g/mol. The van der Waals surface area contributed by atoms with Crippen LogP contribution in [-0.4, -0.2) is 29.4 Å². The van der Waals surface area contributed by atoms with Crippen LogP contribution < -0.4 is 10.6 Å². The lowest BCUT2D eigenvalue weighted by atomic mass is 10.0. The molecule has 1 atom stereocenters. The summed E-state index contributed by atoms with van der Waals surface area (Å²) >= 11 is 0. The highest BCUT2D eigenvalue weighted by Gasteiger charge is 2.37. The van der Waals surface area contributed by atoms with Gasteiger partial charge < -0.3 is 15.7 Å². The van der Waals surface area contributed by atoms with Crippen LogP contribution >= 0.6 is 0 Å². The van der Waals surface area contributed by atoms with Crippen molar-refractivity contribution in [2.45, 2.75) is 25.3 Å². The summed E-state index contributed by atoms with van der Waals surface area (Å²) in [7, 11) is 0. The number of ketones is 1. The summed E-state index contributed by atoms with van der Waals surface area (Å²) in [5, 5.41) is 13.6. The molecule has 0 fully saturated rings. The predicted octanol–water partition coefficient (Wildman–Crippen LogP) is 4.90. The van der Waals surface area contributed by atoms with Gasteiger partial charge >= 0.3 is 18.3 Å². The first-order valence-electron chi connectivity index (χ1n) is 8.44. The number of Topliss-reactive ketones (excluding diaryl/α,β-unsaturated/α-hetero) is 1. The average Bonchev–Trinajstić information content (AvgIpc) is 2.64. The number of carboxylic acids is 1. The SMILES string of the molecule is C[C@H](Nc1cc(C(F)(F)F)cc(C(F)(F)F)c1)C(=O)c1ccccc1NCC(=O)O. The molecule has 0 aliphatic heterocycles. The zero-order chi connectivity index (χ0) is 22.7. The fourth-order valence-corrected chi connectivity index (χ4v) is 2.61. The first kappa shape index (κ1) is 23.0. The van der Waals surface area contributed by atoms with Crippen LogP contribution in [0, 0.1) is 0 Å². The van der Waals surface area contributed by atoms with Gasteiger partial charge in [0.05, 0.1) is 17.2 Å². The summed E-state index contributed by atoms with van der Waals surface area (Å²) in [4.78, 5) is 23.4. The minimum atomic E-state index is -5.02. The second kappa shape index (κ2) is 8.64. The Hall–Kier alpha value is -3.24. The number of aliphatic carboxylic acids is 1. The van der Waals surface area contributed by atoms with E-state index in [1.807, 2.05) is 0 Å². The molecule has 3 N–H and O–H groups in total. The van der Waals surface area contributed by atoms with Gasteiger partial charge in [0, 0.05) is 16.9 Å². The summed E-state index contributed by atoms with van der Waals surface area (Å²) in [6.45, 7) is 0.776. The van der Waals surface area contributed by atoms with Crippen molar-refractivity contribution in [3.8, 4) is 0 Å². The second-order valence-corrected chi connectivity index (χ2v) is 6.32. The minimum absolute atomic E-state index is 0.0111. The Kier molecular flexibility index (Phi) is 6.63.